The summed E-state index contributed by atoms with van der Waals surface area (Å²) in [6.07, 6.45) is 2.26. The van der Waals surface area contributed by atoms with E-state index < -0.39 is 10.0 Å². The predicted molar refractivity (Wildman–Crippen MR) is 119 cm³/mol. The summed E-state index contributed by atoms with van der Waals surface area (Å²) in [7, 11) is -2.21. The van der Waals surface area contributed by atoms with Gasteiger partial charge in [-0.25, -0.2) is 12.8 Å². The first-order valence-corrected chi connectivity index (χ1v) is 11.3. The van der Waals surface area contributed by atoms with Gasteiger partial charge in [0, 0.05) is 30.2 Å². The van der Waals surface area contributed by atoms with E-state index in [1.807, 2.05) is 36.5 Å². The lowest BCUT2D eigenvalue weighted by molar-refractivity contribution is 0.408. The fourth-order valence-electron chi connectivity index (χ4n) is 3.57. The summed E-state index contributed by atoms with van der Waals surface area (Å²) in [5.41, 5.74) is 2.59. The summed E-state index contributed by atoms with van der Waals surface area (Å²) >= 11 is 0. The van der Waals surface area contributed by atoms with Crippen LogP contribution in [0, 0.1) is 5.82 Å². The van der Waals surface area contributed by atoms with E-state index in [0.29, 0.717) is 12.2 Å². The lowest BCUT2D eigenvalue weighted by Gasteiger charge is -2.22. The molecule has 0 fully saturated rings. The van der Waals surface area contributed by atoms with E-state index in [1.54, 1.807) is 30.3 Å². The van der Waals surface area contributed by atoms with Gasteiger partial charge in [0.15, 0.2) is 0 Å². The minimum Gasteiger partial charge on any atom is -0.497 e. The van der Waals surface area contributed by atoms with E-state index >= 15 is 0 Å². The molecule has 160 valence electrons. The highest BCUT2D eigenvalue weighted by molar-refractivity contribution is 7.89. The SMILES string of the molecule is COc1ccc(S(=O)(=O)N(CCc2c[nH]c3ccc(F)cc23)Cc2ccccc2)cc1. The number of methoxy groups -OCH3 is 1. The van der Waals surface area contributed by atoms with Crippen LogP contribution in [0.25, 0.3) is 10.9 Å². The molecule has 0 aliphatic rings. The maximum absolute atomic E-state index is 13.7. The van der Waals surface area contributed by atoms with Crippen LogP contribution in [-0.2, 0) is 23.0 Å². The Hall–Kier alpha value is -3.16. The maximum Gasteiger partial charge on any atom is 0.243 e. The van der Waals surface area contributed by atoms with Crippen molar-refractivity contribution in [3.05, 3.63) is 95.9 Å². The van der Waals surface area contributed by atoms with Crippen molar-refractivity contribution in [3.63, 3.8) is 0 Å². The average Bonchev–Trinajstić information content (AvgIpc) is 3.19. The van der Waals surface area contributed by atoms with Crippen LogP contribution in [0.15, 0.2) is 83.9 Å². The number of aromatic amines is 1. The first-order valence-electron chi connectivity index (χ1n) is 9.91. The lowest BCUT2D eigenvalue weighted by atomic mass is 10.1. The van der Waals surface area contributed by atoms with E-state index in [4.69, 9.17) is 4.74 Å². The maximum atomic E-state index is 13.7. The monoisotopic (exact) mass is 438 g/mol. The van der Waals surface area contributed by atoms with E-state index in [2.05, 4.69) is 4.98 Å². The Morgan fingerprint density at radius 2 is 1.74 bits per heavy atom. The van der Waals surface area contributed by atoms with E-state index in [1.165, 1.54) is 23.5 Å². The number of nitrogens with zero attached hydrogens (tertiary/aromatic N) is 1. The molecule has 0 aliphatic carbocycles. The Balaban J connectivity index is 1.64. The van der Waals surface area contributed by atoms with Crippen molar-refractivity contribution in [2.24, 2.45) is 0 Å². The fraction of sp³-hybridized carbons (Fsp3) is 0.167. The summed E-state index contributed by atoms with van der Waals surface area (Å²) < 4.78 is 47.2. The molecule has 0 aliphatic heterocycles. The van der Waals surface area contributed by atoms with Crippen LogP contribution in [0.3, 0.4) is 0 Å². The van der Waals surface area contributed by atoms with Gasteiger partial charge in [0.2, 0.25) is 10.0 Å². The largest absolute Gasteiger partial charge is 0.497 e. The van der Waals surface area contributed by atoms with Gasteiger partial charge in [0.1, 0.15) is 11.6 Å². The van der Waals surface area contributed by atoms with Crippen LogP contribution >= 0.6 is 0 Å². The third-order valence-electron chi connectivity index (χ3n) is 5.26. The highest BCUT2D eigenvalue weighted by Gasteiger charge is 2.25. The van der Waals surface area contributed by atoms with Crippen LogP contribution in [0.5, 0.6) is 5.75 Å². The third kappa shape index (κ3) is 4.62. The van der Waals surface area contributed by atoms with Gasteiger partial charge in [-0.2, -0.15) is 4.31 Å². The first kappa shape index (κ1) is 21.1. The molecule has 0 atom stereocenters. The van der Waals surface area contributed by atoms with Crippen molar-refractivity contribution in [1.29, 1.82) is 0 Å². The van der Waals surface area contributed by atoms with Gasteiger partial charge in [-0.15, -0.1) is 0 Å². The standard InChI is InChI=1S/C24H23FN2O3S/c1-30-21-8-10-22(11-9-21)31(28,29)27(17-18-5-3-2-4-6-18)14-13-19-16-26-24-12-7-20(25)15-23(19)24/h2-12,15-16,26H,13-14,17H2,1H3. The Kier molecular flexibility index (Phi) is 6.06. The molecule has 0 amide bonds. The molecule has 0 saturated carbocycles. The number of hydrogen-bond donors (Lipinski definition) is 1. The second kappa shape index (κ2) is 8.91. The smallest absolute Gasteiger partial charge is 0.243 e. The number of ether oxygens (including phenoxy) is 1. The zero-order valence-electron chi connectivity index (χ0n) is 17.1. The number of benzene rings is 3. The van der Waals surface area contributed by atoms with Gasteiger partial charge in [-0.05, 0) is 60.0 Å². The Morgan fingerprint density at radius 1 is 1.00 bits per heavy atom. The predicted octanol–water partition coefficient (Wildman–Crippen LogP) is 4.75. The highest BCUT2D eigenvalue weighted by Crippen LogP contribution is 2.24. The number of fused-ring (bicyclic) bond motifs is 1. The zero-order chi connectivity index (χ0) is 21.8. The number of halogens is 1. The third-order valence-corrected chi connectivity index (χ3v) is 7.12. The zero-order valence-corrected chi connectivity index (χ0v) is 17.9. The van der Waals surface area contributed by atoms with Crippen LogP contribution in [0.4, 0.5) is 4.39 Å². The number of H-pyrrole nitrogens is 1. The van der Waals surface area contributed by atoms with E-state index in [0.717, 1.165) is 22.0 Å². The van der Waals surface area contributed by atoms with E-state index in [9.17, 15) is 12.8 Å². The molecular formula is C24H23FN2O3S. The summed E-state index contributed by atoms with van der Waals surface area (Å²) in [6, 6.07) is 20.4. The van der Waals surface area contributed by atoms with Gasteiger partial charge in [-0.1, -0.05) is 30.3 Å². The van der Waals surface area contributed by atoms with Crippen molar-refractivity contribution in [3.8, 4) is 5.75 Å². The summed E-state index contributed by atoms with van der Waals surface area (Å²) in [6.45, 7) is 0.499. The molecule has 0 unspecified atom stereocenters. The number of aromatic nitrogens is 1. The first-order chi connectivity index (χ1) is 15.0. The van der Waals surface area contributed by atoms with E-state index in [-0.39, 0.29) is 23.8 Å². The van der Waals surface area contributed by atoms with Crippen molar-refractivity contribution < 1.29 is 17.5 Å². The molecule has 7 heteroatoms. The topological polar surface area (TPSA) is 62.4 Å². The molecule has 0 spiro atoms. The molecule has 4 aromatic rings. The summed E-state index contributed by atoms with van der Waals surface area (Å²) in [5, 5.41) is 0.765. The van der Waals surface area contributed by atoms with Crippen LogP contribution < -0.4 is 4.74 Å². The van der Waals surface area contributed by atoms with Crippen molar-refractivity contribution in [2.45, 2.75) is 17.9 Å². The lowest BCUT2D eigenvalue weighted by Crippen LogP contribution is -2.32. The van der Waals surface area contributed by atoms with Crippen LogP contribution in [0.2, 0.25) is 0 Å². The highest BCUT2D eigenvalue weighted by atomic mass is 32.2. The van der Waals surface area contributed by atoms with Gasteiger partial charge in [0.25, 0.3) is 0 Å². The number of nitrogens with one attached hydrogen (secondary N) is 1. The molecule has 0 radical (unpaired) electrons. The molecule has 4 rings (SSSR count). The molecule has 1 heterocycles. The van der Waals surface area contributed by atoms with Gasteiger partial charge >= 0.3 is 0 Å². The molecule has 0 saturated heterocycles. The quantitative estimate of drug-likeness (QED) is 0.432. The molecule has 1 N–H and O–H groups in total. The van der Waals surface area contributed by atoms with Crippen LogP contribution in [0.1, 0.15) is 11.1 Å². The van der Waals surface area contributed by atoms with Crippen molar-refractivity contribution >= 4 is 20.9 Å². The minimum atomic E-state index is -3.75. The Labute approximate surface area is 181 Å². The molecule has 5 nitrogen and oxygen atoms in total. The summed E-state index contributed by atoms with van der Waals surface area (Å²) in [4.78, 5) is 3.33. The van der Waals surface area contributed by atoms with Gasteiger partial charge < -0.3 is 9.72 Å². The normalized spacial score (nSPS) is 11.8. The molecule has 1 aromatic heterocycles. The Morgan fingerprint density at radius 3 is 2.45 bits per heavy atom. The molecule has 0 bridgehead atoms. The van der Waals surface area contributed by atoms with Crippen molar-refractivity contribution in [2.75, 3.05) is 13.7 Å². The second-order valence-electron chi connectivity index (χ2n) is 7.25. The Bertz CT molecular complexity index is 1270. The number of rotatable bonds is 8. The number of sulfonamides is 1. The minimum absolute atomic E-state index is 0.203. The fourth-order valence-corrected chi connectivity index (χ4v) is 5.00. The molecule has 3 aromatic carbocycles. The van der Waals surface area contributed by atoms with Gasteiger partial charge in [-0.3, -0.25) is 0 Å². The number of hydrogen-bond acceptors (Lipinski definition) is 3. The van der Waals surface area contributed by atoms with Crippen LogP contribution in [-0.4, -0.2) is 31.4 Å². The molecule has 31 heavy (non-hydrogen) atoms. The molecular weight excluding hydrogens is 415 g/mol. The average molecular weight is 439 g/mol. The van der Waals surface area contributed by atoms with Gasteiger partial charge in [0.05, 0.1) is 12.0 Å². The summed E-state index contributed by atoms with van der Waals surface area (Å²) in [5.74, 6) is 0.273. The second-order valence-corrected chi connectivity index (χ2v) is 9.19. The van der Waals surface area contributed by atoms with Crippen molar-refractivity contribution in [1.82, 2.24) is 9.29 Å².